The molecule has 1 aliphatic rings. The first kappa shape index (κ1) is 18.2. The van der Waals surface area contributed by atoms with Gasteiger partial charge >= 0.3 is 5.63 Å². The van der Waals surface area contributed by atoms with Gasteiger partial charge in [0.1, 0.15) is 16.8 Å². The van der Waals surface area contributed by atoms with Gasteiger partial charge in [-0.05, 0) is 30.3 Å². The molecule has 1 saturated heterocycles. The molecule has 1 amide bonds. The summed E-state index contributed by atoms with van der Waals surface area (Å²) in [6.45, 7) is 2.33. The molecule has 2 aromatic heterocycles. The average molecular weight is 405 g/mol. The van der Waals surface area contributed by atoms with Gasteiger partial charge in [0, 0.05) is 43.7 Å². The number of amides is 1. The van der Waals surface area contributed by atoms with E-state index < -0.39 is 5.63 Å². The second-order valence-electron chi connectivity index (χ2n) is 7.07. The summed E-state index contributed by atoms with van der Waals surface area (Å²) in [6, 6.07) is 16.4. The maximum atomic E-state index is 12.5. The summed E-state index contributed by atoms with van der Waals surface area (Å²) < 4.78 is 16.6. The molecule has 0 N–H and O–H groups in total. The molecular weight excluding hydrogens is 386 g/mol. The molecule has 0 spiro atoms. The van der Waals surface area contributed by atoms with Crippen LogP contribution in [0.15, 0.2) is 68.2 Å². The van der Waals surface area contributed by atoms with E-state index in [0.717, 1.165) is 16.5 Å². The predicted octanol–water partition coefficient (Wildman–Crippen LogP) is 2.66. The Morgan fingerprint density at radius 1 is 0.967 bits per heavy atom. The van der Waals surface area contributed by atoms with Crippen molar-refractivity contribution in [2.24, 2.45) is 0 Å². The van der Waals surface area contributed by atoms with Crippen LogP contribution in [0.25, 0.3) is 22.1 Å². The van der Waals surface area contributed by atoms with E-state index >= 15 is 0 Å². The predicted molar refractivity (Wildman–Crippen MR) is 111 cm³/mol. The lowest BCUT2D eigenvalue weighted by molar-refractivity contribution is -0.133. The zero-order chi connectivity index (χ0) is 20.5. The molecule has 2 aromatic carbocycles. The number of hydrogen-bond donors (Lipinski definition) is 0. The first-order valence-corrected chi connectivity index (χ1v) is 9.71. The minimum absolute atomic E-state index is 0.0779. The van der Waals surface area contributed by atoms with Gasteiger partial charge < -0.3 is 23.4 Å². The van der Waals surface area contributed by atoms with Gasteiger partial charge in [0.25, 0.3) is 11.9 Å². The van der Waals surface area contributed by atoms with E-state index in [1.165, 1.54) is 6.07 Å². The van der Waals surface area contributed by atoms with Crippen LogP contribution in [-0.4, -0.2) is 48.6 Å². The Morgan fingerprint density at radius 3 is 2.60 bits per heavy atom. The first-order valence-electron chi connectivity index (χ1n) is 9.71. The number of nitrogens with zero attached hydrogens (tertiary/aromatic N) is 3. The Bertz CT molecular complexity index is 1240. The quantitative estimate of drug-likeness (QED) is 0.482. The second-order valence-corrected chi connectivity index (χ2v) is 7.07. The van der Waals surface area contributed by atoms with Gasteiger partial charge in [-0.2, -0.15) is 4.98 Å². The van der Waals surface area contributed by atoms with Crippen molar-refractivity contribution in [3.8, 4) is 5.75 Å². The largest absolute Gasteiger partial charge is 0.484 e. The van der Waals surface area contributed by atoms with E-state index in [1.54, 1.807) is 29.2 Å². The number of fused-ring (bicyclic) bond motifs is 2. The molecule has 0 atom stereocenters. The Morgan fingerprint density at radius 2 is 1.77 bits per heavy atom. The molecule has 3 heterocycles. The molecule has 8 nitrogen and oxygen atoms in total. The summed E-state index contributed by atoms with van der Waals surface area (Å²) in [7, 11) is 0. The van der Waals surface area contributed by atoms with Crippen LogP contribution in [0.2, 0.25) is 0 Å². The normalized spacial score (nSPS) is 14.4. The number of para-hydroxylation sites is 2. The van der Waals surface area contributed by atoms with E-state index in [9.17, 15) is 9.59 Å². The molecule has 1 aliphatic heterocycles. The van der Waals surface area contributed by atoms with Crippen LogP contribution >= 0.6 is 0 Å². The van der Waals surface area contributed by atoms with Crippen molar-refractivity contribution in [1.82, 2.24) is 9.88 Å². The van der Waals surface area contributed by atoms with Gasteiger partial charge in [-0.3, -0.25) is 4.79 Å². The van der Waals surface area contributed by atoms with Gasteiger partial charge in [0.05, 0.1) is 0 Å². The number of piperazine rings is 1. The molecule has 0 unspecified atom stereocenters. The van der Waals surface area contributed by atoms with Crippen LogP contribution in [0.3, 0.4) is 0 Å². The lowest BCUT2D eigenvalue weighted by Crippen LogP contribution is -2.50. The Kier molecular flexibility index (Phi) is 4.59. The summed E-state index contributed by atoms with van der Waals surface area (Å²) in [6.07, 6.45) is 0. The number of anilines is 1. The van der Waals surface area contributed by atoms with Gasteiger partial charge in [-0.25, -0.2) is 4.79 Å². The molecule has 0 aliphatic carbocycles. The van der Waals surface area contributed by atoms with Gasteiger partial charge in [0.15, 0.2) is 12.2 Å². The molecule has 8 heteroatoms. The second kappa shape index (κ2) is 7.55. The third-order valence-electron chi connectivity index (χ3n) is 5.14. The number of carbonyl (C=O) groups excluding carboxylic acids is 1. The number of benzene rings is 2. The lowest BCUT2D eigenvalue weighted by Gasteiger charge is -2.33. The number of carbonyl (C=O) groups is 1. The molecule has 0 bridgehead atoms. The van der Waals surface area contributed by atoms with Gasteiger partial charge in [-0.15, -0.1) is 0 Å². The maximum Gasteiger partial charge on any atom is 0.336 e. The van der Waals surface area contributed by atoms with E-state index in [4.69, 9.17) is 13.6 Å². The summed E-state index contributed by atoms with van der Waals surface area (Å²) in [5.41, 5.74) is 1.59. The number of hydrogen-bond acceptors (Lipinski definition) is 7. The standard InChI is InChI=1S/C22H19N3O5/c26-20(14-28-16-7-5-15-6-8-21(27)29-19(15)13-16)24-9-11-25(12-10-24)22-23-17-3-1-2-4-18(17)30-22/h1-8,13H,9-12,14H2. The monoisotopic (exact) mass is 405 g/mol. The Hall–Kier alpha value is -3.81. The lowest BCUT2D eigenvalue weighted by atomic mass is 10.2. The highest BCUT2D eigenvalue weighted by atomic mass is 16.5. The highest BCUT2D eigenvalue weighted by molar-refractivity contribution is 5.80. The smallest absolute Gasteiger partial charge is 0.336 e. The SMILES string of the molecule is O=C(COc1ccc2ccc(=O)oc2c1)N1CCN(c2nc3ccccc3o2)CC1. The molecule has 0 saturated carbocycles. The fraction of sp³-hybridized carbons (Fsp3) is 0.227. The average Bonchev–Trinajstić information content (AvgIpc) is 3.21. The van der Waals surface area contributed by atoms with Crippen LogP contribution in [-0.2, 0) is 4.79 Å². The van der Waals surface area contributed by atoms with Crippen molar-refractivity contribution in [1.29, 1.82) is 0 Å². The molecular formula is C22H19N3O5. The third-order valence-corrected chi connectivity index (χ3v) is 5.14. The van der Waals surface area contributed by atoms with Crippen LogP contribution in [0.4, 0.5) is 6.01 Å². The zero-order valence-corrected chi connectivity index (χ0v) is 16.1. The van der Waals surface area contributed by atoms with Crippen molar-refractivity contribution in [2.45, 2.75) is 0 Å². The third kappa shape index (κ3) is 3.59. The van der Waals surface area contributed by atoms with Crippen LogP contribution < -0.4 is 15.3 Å². The molecule has 5 rings (SSSR count). The highest BCUT2D eigenvalue weighted by Gasteiger charge is 2.24. The maximum absolute atomic E-state index is 12.5. The molecule has 30 heavy (non-hydrogen) atoms. The van der Waals surface area contributed by atoms with Crippen LogP contribution in [0.5, 0.6) is 5.75 Å². The fourth-order valence-corrected chi connectivity index (χ4v) is 3.51. The van der Waals surface area contributed by atoms with Crippen LogP contribution in [0, 0.1) is 0 Å². The summed E-state index contributed by atoms with van der Waals surface area (Å²) >= 11 is 0. The molecule has 4 aromatic rings. The molecule has 1 fully saturated rings. The summed E-state index contributed by atoms with van der Waals surface area (Å²) in [4.78, 5) is 32.2. The van der Waals surface area contributed by atoms with Crippen molar-refractivity contribution >= 4 is 34.0 Å². The van der Waals surface area contributed by atoms with Crippen LogP contribution in [0.1, 0.15) is 0 Å². The summed E-state index contributed by atoms with van der Waals surface area (Å²) in [5, 5.41) is 0.795. The molecule has 152 valence electrons. The summed E-state index contributed by atoms with van der Waals surface area (Å²) in [5.74, 6) is 0.386. The Labute approximate surface area is 171 Å². The first-order chi connectivity index (χ1) is 14.7. The number of aromatic nitrogens is 1. The minimum Gasteiger partial charge on any atom is -0.484 e. The van der Waals surface area contributed by atoms with Gasteiger partial charge in [-0.1, -0.05) is 12.1 Å². The van der Waals surface area contributed by atoms with Crippen molar-refractivity contribution < 1.29 is 18.4 Å². The van der Waals surface area contributed by atoms with Crippen molar-refractivity contribution in [2.75, 3.05) is 37.7 Å². The van der Waals surface area contributed by atoms with E-state index in [0.29, 0.717) is 43.5 Å². The molecule has 0 radical (unpaired) electrons. The van der Waals surface area contributed by atoms with E-state index in [2.05, 4.69) is 4.98 Å². The van der Waals surface area contributed by atoms with E-state index in [-0.39, 0.29) is 12.5 Å². The zero-order valence-electron chi connectivity index (χ0n) is 16.1. The number of rotatable bonds is 4. The van der Waals surface area contributed by atoms with Crippen molar-refractivity contribution in [3.05, 3.63) is 65.0 Å². The van der Waals surface area contributed by atoms with Gasteiger partial charge in [0.2, 0.25) is 0 Å². The van der Waals surface area contributed by atoms with E-state index in [1.807, 2.05) is 29.2 Å². The number of oxazole rings is 1. The number of ether oxygens (including phenoxy) is 1. The topological polar surface area (TPSA) is 89.0 Å². The highest BCUT2D eigenvalue weighted by Crippen LogP contribution is 2.23. The minimum atomic E-state index is -0.424. The fourth-order valence-electron chi connectivity index (χ4n) is 3.51. The Balaban J connectivity index is 1.18. The van der Waals surface area contributed by atoms with Crippen molar-refractivity contribution in [3.63, 3.8) is 0 Å².